The summed E-state index contributed by atoms with van der Waals surface area (Å²) >= 11 is 5.99. The van der Waals surface area contributed by atoms with E-state index < -0.39 is 5.97 Å². The minimum Gasteiger partial charge on any atom is -0.462 e. The van der Waals surface area contributed by atoms with E-state index in [-0.39, 0.29) is 11.6 Å². The Kier molecular flexibility index (Phi) is 4.45. The van der Waals surface area contributed by atoms with Gasteiger partial charge >= 0.3 is 5.97 Å². The number of ether oxygens (including phenoxy) is 1. The van der Waals surface area contributed by atoms with Gasteiger partial charge in [-0.15, -0.1) is 0 Å². The van der Waals surface area contributed by atoms with Gasteiger partial charge in [-0.25, -0.2) is 9.80 Å². The van der Waals surface area contributed by atoms with Crippen molar-refractivity contribution in [3.05, 3.63) is 34.2 Å². The average Bonchev–Trinajstić information content (AvgIpc) is 2.28. The van der Waals surface area contributed by atoms with Gasteiger partial charge in [0.25, 0.3) is 0 Å². The van der Waals surface area contributed by atoms with Crippen LogP contribution in [0.2, 0.25) is 0 Å². The van der Waals surface area contributed by atoms with Crippen molar-refractivity contribution in [3.8, 4) is 0 Å². The third-order valence-electron chi connectivity index (χ3n) is 2.34. The van der Waals surface area contributed by atoms with Gasteiger partial charge in [0.2, 0.25) is 0 Å². The highest BCUT2D eigenvalue weighted by Gasteiger charge is 2.26. The van der Waals surface area contributed by atoms with Crippen molar-refractivity contribution in [1.82, 2.24) is 5.01 Å². The number of nitrogens with zero attached hydrogens (tertiary/aromatic N) is 2. The zero-order chi connectivity index (χ0) is 13.0. The molecule has 6 heteroatoms. The Morgan fingerprint density at radius 2 is 2.35 bits per heavy atom. The van der Waals surface area contributed by atoms with Crippen molar-refractivity contribution in [2.75, 3.05) is 6.61 Å². The summed E-state index contributed by atoms with van der Waals surface area (Å²) in [4.78, 5) is 11.7. The standard InChI is InChI=1S/C11H14ClN3O2/c1-4-9-7(3)10(11(16)17-5-2)8(12)6-15(9)14-13/h4,6,13H,5H2,1-3H3/b9-4-,14-13?. The molecule has 17 heavy (non-hydrogen) atoms. The van der Waals surface area contributed by atoms with Crippen LogP contribution in [0.4, 0.5) is 0 Å². The number of esters is 1. The SMILES string of the molecule is C/C=C1/C(C)=C(C(=O)OCC)C(Cl)=CN1N=N. The van der Waals surface area contributed by atoms with Crippen LogP contribution in [-0.2, 0) is 9.53 Å². The Bertz CT molecular complexity index is 438. The summed E-state index contributed by atoms with van der Waals surface area (Å²) in [6, 6.07) is 0. The lowest BCUT2D eigenvalue weighted by Crippen LogP contribution is -2.21. The number of rotatable bonds is 3. The molecule has 0 bridgehead atoms. The fourth-order valence-corrected chi connectivity index (χ4v) is 1.92. The van der Waals surface area contributed by atoms with E-state index >= 15 is 0 Å². The lowest BCUT2D eigenvalue weighted by molar-refractivity contribution is -0.138. The van der Waals surface area contributed by atoms with Crippen LogP contribution in [0.3, 0.4) is 0 Å². The molecule has 1 N–H and O–H groups in total. The van der Waals surface area contributed by atoms with E-state index in [2.05, 4.69) is 5.22 Å². The molecule has 0 fully saturated rings. The van der Waals surface area contributed by atoms with E-state index in [1.165, 1.54) is 11.2 Å². The number of allylic oxidation sites excluding steroid dienone is 2. The summed E-state index contributed by atoms with van der Waals surface area (Å²) in [7, 11) is 0. The number of halogens is 1. The minimum atomic E-state index is -0.463. The second-order valence-electron chi connectivity index (χ2n) is 3.32. The molecule has 92 valence electrons. The third kappa shape index (κ3) is 2.55. The van der Waals surface area contributed by atoms with Crippen LogP contribution in [0.5, 0.6) is 0 Å². The molecule has 0 saturated carbocycles. The Labute approximate surface area is 105 Å². The van der Waals surface area contributed by atoms with E-state index in [0.717, 1.165) is 0 Å². The molecule has 0 amide bonds. The van der Waals surface area contributed by atoms with Gasteiger partial charge in [0.1, 0.15) is 0 Å². The molecule has 5 nitrogen and oxygen atoms in total. The first-order chi connectivity index (χ1) is 8.06. The van der Waals surface area contributed by atoms with Crippen molar-refractivity contribution in [2.45, 2.75) is 20.8 Å². The van der Waals surface area contributed by atoms with Crippen molar-refractivity contribution in [3.63, 3.8) is 0 Å². The maximum absolute atomic E-state index is 11.7. The third-order valence-corrected chi connectivity index (χ3v) is 2.63. The molecule has 1 aliphatic rings. The Morgan fingerprint density at radius 1 is 1.71 bits per heavy atom. The Balaban J connectivity index is 3.24. The van der Waals surface area contributed by atoms with Crippen molar-refractivity contribution in [2.24, 2.45) is 5.22 Å². The number of hydrogen-bond donors (Lipinski definition) is 1. The van der Waals surface area contributed by atoms with E-state index in [1.54, 1.807) is 26.8 Å². The monoisotopic (exact) mass is 255 g/mol. The lowest BCUT2D eigenvalue weighted by atomic mass is 10.0. The van der Waals surface area contributed by atoms with Gasteiger partial charge in [-0.2, -0.15) is 5.53 Å². The van der Waals surface area contributed by atoms with Gasteiger partial charge in [-0.3, -0.25) is 0 Å². The van der Waals surface area contributed by atoms with Gasteiger partial charge in [0.15, 0.2) is 0 Å². The second kappa shape index (κ2) is 5.63. The topological polar surface area (TPSA) is 65.8 Å². The van der Waals surface area contributed by atoms with E-state index in [1.807, 2.05) is 0 Å². The molecule has 0 spiro atoms. The zero-order valence-electron chi connectivity index (χ0n) is 9.95. The molecule has 0 aromatic heterocycles. The van der Waals surface area contributed by atoms with Crippen LogP contribution in [0.25, 0.3) is 0 Å². The highest BCUT2D eigenvalue weighted by molar-refractivity contribution is 6.35. The van der Waals surface area contributed by atoms with Crippen LogP contribution in [-0.4, -0.2) is 17.6 Å². The first kappa shape index (κ1) is 13.4. The van der Waals surface area contributed by atoms with Gasteiger partial charge in [0.05, 0.1) is 29.1 Å². The highest BCUT2D eigenvalue weighted by atomic mass is 35.5. The summed E-state index contributed by atoms with van der Waals surface area (Å²) in [5.74, 6) is -0.463. The highest BCUT2D eigenvalue weighted by Crippen LogP contribution is 2.32. The van der Waals surface area contributed by atoms with Gasteiger partial charge in [0, 0.05) is 0 Å². The molecule has 0 aromatic rings. The summed E-state index contributed by atoms with van der Waals surface area (Å²) in [5, 5.41) is 4.84. The summed E-state index contributed by atoms with van der Waals surface area (Å²) in [6.45, 7) is 5.57. The molecule has 1 heterocycles. The molecule has 0 saturated heterocycles. The fourth-order valence-electron chi connectivity index (χ4n) is 1.61. The maximum Gasteiger partial charge on any atom is 0.340 e. The lowest BCUT2D eigenvalue weighted by Gasteiger charge is -2.24. The normalized spacial score (nSPS) is 18.2. The van der Waals surface area contributed by atoms with E-state index in [9.17, 15) is 4.79 Å². The second-order valence-corrected chi connectivity index (χ2v) is 3.72. The van der Waals surface area contributed by atoms with Crippen LogP contribution in [0.15, 0.2) is 39.4 Å². The van der Waals surface area contributed by atoms with E-state index in [0.29, 0.717) is 16.8 Å². The number of hydrogen-bond acceptors (Lipinski definition) is 4. The van der Waals surface area contributed by atoms with Crippen molar-refractivity contribution >= 4 is 17.6 Å². The Hall–Kier alpha value is -1.62. The summed E-state index contributed by atoms with van der Waals surface area (Å²) in [6.07, 6.45) is 3.18. The molecule has 0 aromatic carbocycles. The van der Waals surface area contributed by atoms with Crippen LogP contribution in [0.1, 0.15) is 20.8 Å². The fraction of sp³-hybridized carbons (Fsp3) is 0.364. The quantitative estimate of drug-likeness (QED) is 0.622. The molecule has 0 radical (unpaired) electrons. The van der Waals surface area contributed by atoms with Gasteiger partial charge < -0.3 is 4.74 Å². The summed E-state index contributed by atoms with van der Waals surface area (Å²) < 4.78 is 4.94. The number of carbonyl (C=O) groups excluding carboxylic acids is 1. The van der Waals surface area contributed by atoms with Gasteiger partial charge in [-0.1, -0.05) is 22.9 Å². The first-order valence-electron chi connectivity index (χ1n) is 5.15. The molecule has 0 atom stereocenters. The Morgan fingerprint density at radius 3 is 2.82 bits per heavy atom. The molecule has 1 rings (SSSR count). The molecular weight excluding hydrogens is 242 g/mol. The van der Waals surface area contributed by atoms with Crippen molar-refractivity contribution in [1.29, 1.82) is 5.53 Å². The molecule has 1 aliphatic heterocycles. The van der Waals surface area contributed by atoms with E-state index in [4.69, 9.17) is 21.9 Å². The molecular formula is C11H14ClN3O2. The predicted molar refractivity (Wildman–Crippen MR) is 64.0 cm³/mol. The van der Waals surface area contributed by atoms with Gasteiger partial charge in [-0.05, 0) is 26.3 Å². The number of carbonyl (C=O) groups is 1. The largest absolute Gasteiger partial charge is 0.462 e. The van der Waals surface area contributed by atoms with Crippen LogP contribution < -0.4 is 0 Å². The zero-order valence-corrected chi connectivity index (χ0v) is 10.7. The van der Waals surface area contributed by atoms with Crippen LogP contribution in [0, 0.1) is 5.53 Å². The minimum absolute atomic E-state index is 0.225. The molecule has 0 unspecified atom stereocenters. The number of nitrogens with one attached hydrogen (secondary N) is 1. The average molecular weight is 256 g/mol. The summed E-state index contributed by atoms with van der Waals surface area (Å²) in [5.41, 5.74) is 8.65. The molecule has 0 aliphatic carbocycles. The van der Waals surface area contributed by atoms with Crippen LogP contribution >= 0.6 is 11.6 Å². The van der Waals surface area contributed by atoms with Crippen molar-refractivity contribution < 1.29 is 9.53 Å². The smallest absolute Gasteiger partial charge is 0.340 e. The first-order valence-corrected chi connectivity index (χ1v) is 5.53. The maximum atomic E-state index is 11.7. The predicted octanol–water partition coefficient (Wildman–Crippen LogP) is 3.11.